The Morgan fingerprint density at radius 2 is 1.86 bits per heavy atom. The van der Waals surface area contributed by atoms with Crippen molar-refractivity contribution in [3.63, 3.8) is 0 Å². The Balaban J connectivity index is 1.90. The molecule has 7 heteroatoms. The van der Waals surface area contributed by atoms with Gasteiger partial charge >= 0.3 is 6.09 Å². The van der Waals surface area contributed by atoms with E-state index in [0.29, 0.717) is 43.0 Å². The monoisotopic (exact) mass is 389 g/mol. The van der Waals surface area contributed by atoms with E-state index in [9.17, 15) is 14.7 Å². The third kappa shape index (κ3) is 3.66. The van der Waals surface area contributed by atoms with Crippen LogP contribution in [0.15, 0.2) is 23.8 Å². The third-order valence-corrected chi connectivity index (χ3v) is 5.02. The Morgan fingerprint density at radius 3 is 2.39 bits per heavy atom. The van der Waals surface area contributed by atoms with Crippen LogP contribution in [0.4, 0.5) is 4.79 Å². The lowest BCUT2D eigenvalue weighted by molar-refractivity contribution is -0.116. The van der Waals surface area contributed by atoms with E-state index >= 15 is 0 Å². The minimum Gasteiger partial charge on any atom is -0.507 e. The minimum absolute atomic E-state index is 0.0675. The molecule has 1 saturated heterocycles. The topological polar surface area (TPSA) is 85.3 Å². The second kappa shape index (κ2) is 7.04. The molecule has 0 saturated carbocycles. The second-order valence-corrected chi connectivity index (χ2v) is 8.21. The van der Waals surface area contributed by atoms with Gasteiger partial charge in [-0.25, -0.2) is 4.79 Å². The summed E-state index contributed by atoms with van der Waals surface area (Å²) < 4.78 is 17.0. The molecule has 1 aromatic rings. The maximum atomic E-state index is 12.4. The zero-order valence-electron chi connectivity index (χ0n) is 17.0. The number of nitrogens with zero attached hydrogens (tertiary/aromatic N) is 1. The molecule has 1 spiro atoms. The van der Waals surface area contributed by atoms with Crippen molar-refractivity contribution in [1.82, 2.24) is 4.90 Å². The van der Waals surface area contributed by atoms with Gasteiger partial charge in [-0.15, -0.1) is 0 Å². The largest absolute Gasteiger partial charge is 0.507 e. The number of carbonyl (C=O) groups excluding carboxylic acids is 2. The van der Waals surface area contributed by atoms with Gasteiger partial charge in [-0.2, -0.15) is 0 Å². The Morgan fingerprint density at radius 1 is 1.21 bits per heavy atom. The first kappa shape index (κ1) is 20.0. The average molecular weight is 389 g/mol. The molecule has 2 heterocycles. The number of benzene rings is 1. The van der Waals surface area contributed by atoms with Crippen LogP contribution in [0.1, 0.15) is 46.1 Å². The summed E-state index contributed by atoms with van der Waals surface area (Å²) in [6.07, 6.45) is 0.363. The number of ether oxygens (including phenoxy) is 3. The number of hydrogen-bond donors (Lipinski definition) is 1. The van der Waals surface area contributed by atoms with Crippen molar-refractivity contribution in [2.24, 2.45) is 0 Å². The van der Waals surface area contributed by atoms with Gasteiger partial charge in [0.05, 0.1) is 18.2 Å². The van der Waals surface area contributed by atoms with Gasteiger partial charge in [-0.05, 0) is 39.8 Å². The number of Topliss-reactive ketones (excluding diaryl/α,β-unsaturated/α-hetero) is 1. The molecule has 1 aromatic carbocycles. The smallest absolute Gasteiger partial charge is 0.410 e. The maximum absolute atomic E-state index is 12.4. The first-order valence-corrected chi connectivity index (χ1v) is 9.36. The van der Waals surface area contributed by atoms with E-state index in [-0.39, 0.29) is 17.1 Å². The molecule has 1 fully saturated rings. The fourth-order valence-corrected chi connectivity index (χ4v) is 3.74. The summed E-state index contributed by atoms with van der Waals surface area (Å²) >= 11 is 0. The van der Waals surface area contributed by atoms with Crippen molar-refractivity contribution >= 4 is 17.6 Å². The van der Waals surface area contributed by atoms with E-state index < -0.39 is 17.3 Å². The van der Waals surface area contributed by atoms with Gasteiger partial charge in [0.2, 0.25) is 0 Å². The summed E-state index contributed by atoms with van der Waals surface area (Å²) in [4.78, 5) is 26.4. The molecule has 2 aliphatic rings. The summed E-state index contributed by atoms with van der Waals surface area (Å²) in [6, 6.07) is 5.08. The van der Waals surface area contributed by atoms with Crippen molar-refractivity contribution in [2.75, 3.05) is 20.2 Å². The highest BCUT2D eigenvalue weighted by Gasteiger charge is 2.48. The number of hydrogen-bond acceptors (Lipinski definition) is 6. The van der Waals surface area contributed by atoms with Crippen LogP contribution in [0.2, 0.25) is 0 Å². The lowest BCUT2D eigenvalue weighted by atomic mass is 9.78. The molecule has 1 N–H and O–H groups in total. The highest BCUT2D eigenvalue weighted by molar-refractivity contribution is 6.03. The summed E-state index contributed by atoms with van der Waals surface area (Å²) in [5.74, 6) is 0.749. The molecule has 0 radical (unpaired) electrons. The van der Waals surface area contributed by atoms with Crippen LogP contribution in [0, 0.1) is 0 Å². The lowest BCUT2D eigenvalue weighted by Gasteiger charge is -2.45. The van der Waals surface area contributed by atoms with Crippen molar-refractivity contribution in [2.45, 2.75) is 51.7 Å². The van der Waals surface area contributed by atoms with Gasteiger partial charge in [0, 0.05) is 32.0 Å². The van der Waals surface area contributed by atoms with E-state index in [1.165, 1.54) is 6.92 Å². The number of ketones is 1. The van der Waals surface area contributed by atoms with Gasteiger partial charge in [-0.1, -0.05) is 0 Å². The SMILES string of the molecule is COc1ccc2c(c1)OC1(CCN(C(=O)OC(C)(C)C)CC1)C(C(C)=O)=C2O. The number of amides is 1. The molecule has 1 amide bonds. The first-order chi connectivity index (χ1) is 13.1. The molecule has 28 heavy (non-hydrogen) atoms. The first-order valence-electron chi connectivity index (χ1n) is 9.36. The van der Waals surface area contributed by atoms with Gasteiger partial charge in [-0.3, -0.25) is 4.79 Å². The Kier molecular flexibility index (Phi) is 5.04. The second-order valence-electron chi connectivity index (χ2n) is 8.21. The molecule has 7 nitrogen and oxygen atoms in total. The van der Waals surface area contributed by atoms with Crippen LogP contribution in [-0.2, 0) is 9.53 Å². The van der Waals surface area contributed by atoms with E-state index in [1.54, 1.807) is 30.2 Å². The normalized spacial score (nSPS) is 18.4. The molecule has 0 aromatic heterocycles. The molecule has 152 valence electrons. The van der Waals surface area contributed by atoms with Gasteiger partial charge in [0.1, 0.15) is 28.5 Å². The maximum Gasteiger partial charge on any atom is 0.410 e. The number of rotatable bonds is 2. The van der Waals surface area contributed by atoms with E-state index in [0.717, 1.165) is 0 Å². The van der Waals surface area contributed by atoms with Crippen molar-refractivity contribution in [3.05, 3.63) is 29.3 Å². The minimum atomic E-state index is -0.978. The molecule has 2 aliphatic heterocycles. The number of carbonyl (C=O) groups is 2. The van der Waals surface area contributed by atoms with E-state index in [1.807, 2.05) is 20.8 Å². The standard InChI is InChI=1S/C21H27NO6/c1-13(23)17-18(24)15-7-6-14(26-5)12-16(15)27-21(17)8-10-22(11-9-21)19(25)28-20(2,3)4/h6-7,12,24H,8-11H2,1-5H3. The summed E-state index contributed by atoms with van der Waals surface area (Å²) in [7, 11) is 1.55. The lowest BCUT2D eigenvalue weighted by Crippen LogP contribution is -2.53. The van der Waals surface area contributed by atoms with Crippen LogP contribution in [0.25, 0.3) is 5.76 Å². The van der Waals surface area contributed by atoms with Gasteiger partial charge in [0.15, 0.2) is 5.78 Å². The highest BCUT2D eigenvalue weighted by Crippen LogP contribution is 2.46. The third-order valence-electron chi connectivity index (χ3n) is 5.02. The molecule has 0 atom stereocenters. The summed E-state index contributed by atoms with van der Waals surface area (Å²) in [6.45, 7) is 7.60. The highest BCUT2D eigenvalue weighted by atomic mass is 16.6. The fourth-order valence-electron chi connectivity index (χ4n) is 3.74. The quantitative estimate of drug-likeness (QED) is 0.830. The number of fused-ring (bicyclic) bond motifs is 1. The fraction of sp³-hybridized carbons (Fsp3) is 0.524. The summed E-state index contributed by atoms with van der Waals surface area (Å²) in [5, 5.41) is 10.8. The molecule has 0 unspecified atom stereocenters. The van der Waals surface area contributed by atoms with Gasteiger partial charge < -0.3 is 24.2 Å². The van der Waals surface area contributed by atoms with Crippen LogP contribution >= 0.6 is 0 Å². The number of likely N-dealkylation sites (tertiary alicyclic amines) is 1. The summed E-state index contributed by atoms with van der Waals surface area (Å²) in [5.41, 5.74) is -0.834. The van der Waals surface area contributed by atoms with Crippen LogP contribution < -0.4 is 9.47 Å². The van der Waals surface area contributed by atoms with Crippen LogP contribution in [-0.4, -0.2) is 53.3 Å². The number of aliphatic hydroxyl groups excluding tert-OH is 1. The zero-order chi connectivity index (χ0) is 20.7. The Hall–Kier alpha value is -2.70. The predicted molar refractivity (Wildman–Crippen MR) is 104 cm³/mol. The molecular weight excluding hydrogens is 362 g/mol. The van der Waals surface area contributed by atoms with Crippen LogP contribution in [0.5, 0.6) is 11.5 Å². The average Bonchev–Trinajstić information content (AvgIpc) is 2.60. The molecule has 3 rings (SSSR count). The van der Waals surface area contributed by atoms with Crippen molar-refractivity contribution in [1.29, 1.82) is 0 Å². The van der Waals surface area contributed by atoms with Crippen molar-refractivity contribution in [3.8, 4) is 11.5 Å². The molecule has 0 bridgehead atoms. The Bertz CT molecular complexity index is 828. The van der Waals surface area contributed by atoms with Gasteiger partial charge in [0.25, 0.3) is 0 Å². The predicted octanol–water partition coefficient (Wildman–Crippen LogP) is 3.72. The Labute approximate surface area is 164 Å². The molecular formula is C21H27NO6. The van der Waals surface area contributed by atoms with Crippen LogP contribution in [0.3, 0.4) is 0 Å². The van der Waals surface area contributed by atoms with E-state index in [2.05, 4.69) is 0 Å². The van der Waals surface area contributed by atoms with Crippen molar-refractivity contribution < 1.29 is 28.9 Å². The number of methoxy groups -OCH3 is 1. The zero-order valence-corrected chi connectivity index (χ0v) is 17.0. The number of piperidine rings is 1. The molecule has 0 aliphatic carbocycles. The number of aliphatic hydroxyl groups is 1. The van der Waals surface area contributed by atoms with E-state index in [4.69, 9.17) is 14.2 Å².